The zero-order valence-electron chi connectivity index (χ0n) is 20.3. The third-order valence-electron chi connectivity index (χ3n) is 6.75. The van der Waals surface area contributed by atoms with Crippen molar-refractivity contribution in [3.63, 3.8) is 0 Å². The molecule has 5 aromatic carbocycles. The highest BCUT2D eigenvalue weighted by molar-refractivity contribution is 9.10. The topological polar surface area (TPSA) is 43.6 Å². The molecule has 4 nitrogen and oxygen atoms in total. The molecule has 2 heterocycles. The number of para-hydroxylation sites is 2. The summed E-state index contributed by atoms with van der Waals surface area (Å²) >= 11 is 3.79. The fourth-order valence-electron chi connectivity index (χ4n) is 4.94. The van der Waals surface area contributed by atoms with E-state index in [0.717, 1.165) is 43.0 Å². The van der Waals surface area contributed by atoms with Gasteiger partial charge in [0.05, 0.1) is 11.0 Å². The zero-order chi connectivity index (χ0) is 25.5. The van der Waals surface area contributed by atoms with Crippen LogP contribution < -0.4 is 0 Å². The van der Waals surface area contributed by atoms with Crippen LogP contribution in [0.25, 0.3) is 61.7 Å². The Bertz CT molecular complexity index is 1910. The van der Waals surface area contributed by atoms with E-state index < -0.39 is 0 Å². The van der Waals surface area contributed by atoms with Gasteiger partial charge in [0.2, 0.25) is 5.95 Å². The lowest BCUT2D eigenvalue weighted by atomic mass is 10.0. The highest BCUT2D eigenvalue weighted by Crippen LogP contribution is 2.36. The maximum Gasteiger partial charge on any atom is 0.238 e. The Morgan fingerprint density at radius 1 is 0.447 bits per heavy atom. The predicted octanol–water partition coefficient (Wildman–Crippen LogP) is 8.73. The van der Waals surface area contributed by atoms with E-state index in [-0.39, 0.29) is 0 Å². The Hall–Kier alpha value is -4.61. The molecule has 0 saturated carbocycles. The number of rotatable bonds is 4. The Morgan fingerprint density at radius 2 is 0.974 bits per heavy atom. The quantitative estimate of drug-likeness (QED) is 0.219. The van der Waals surface area contributed by atoms with Crippen LogP contribution in [-0.2, 0) is 0 Å². The summed E-state index contributed by atoms with van der Waals surface area (Å²) in [6.07, 6.45) is 0. The van der Waals surface area contributed by atoms with Gasteiger partial charge in [-0.15, -0.1) is 0 Å². The summed E-state index contributed by atoms with van der Waals surface area (Å²) in [4.78, 5) is 15.0. The first-order valence-electron chi connectivity index (χ1n) is 12.4. The summed E-state index contributed by atoms with van der Waals surface area (Å²) in [6.45, 7) is 0. The minimum atomic E-state index is 0.582. The molecule has 0 amide bonds. The Kier molecular flexibility index (Phi) is 5.56. The van der Waals surface area contributed by atoms with Crippen molar-refractivity contribution in [3.05, 3.63) is 132 Å². The molecular weight excluding hydrogens is 532 g/mol. The van der Waals surface area contributed by atoms with Crippen molar-refractivity contribution in [1.82, 2.24) is 19.5 Å². The average molecular weight is 553 g/mol. The second-order valence-corrected chi connectivity index (χ2v) is 9.93. The van der Waals surface area contributed by atoms with Gasteiger partial charge < -0.3 is 0 Å². The van der Waals surface area contributed by atoms with Crippen LogP contribution in [0.2, 0.25) is 0 Å². The van der Waals surface area contributed by atoms with Crippen molar-refractivity contribution in [3.8, 4) is 39.9 Å². The zero-order valence-corrected chi connectivity index (χ0v) is 21.9. The van der Waals surface area contributed by atoms with Gasteiger partial charge in [-0.25, -0.2) is 4.98 Å². The molecule has 0 unspecified atom stereocenters. The second-order valence-electron chi connectivity index (χ2n) is 9.08. The molecule has 7 rings (SSSR count). The van der Waals surface area contributed by atoms with Crippen LogP contribution in [0.3, 0.4) is 0 Å². The summed E-state index contributed by atoms with van der Waals surface area (Å²) in [5, 5.41) is 2.30. The molecule has 0 aliphatic rings. The van der Waals surface area contributed by atoms with Crippen LogP contribution in [-0.4, -0.2) is 19.5 Å². The molecule has 2 aromatic heterocycles. The minimum absolute atomic E-state index is 0.582. The van der Waals surface area contributed by atoms with E-state index in [9.17, 15) is 0 Å². The third kappa shape index (κ3) is 3.88. The number of nitrogens with zero attached hydrogens (tertiary/aromatic N) is 4. The fraction of sp³-hybridized carbons (Fsp3) is 0. The van der Waals surface area contributed by atoms with Gasteiger partial charge >= 0.3 is 0 Å². The van der Waals surface area contributed by atoms with Crippen LogP contribution in [0.4, 0.5) is 0 Å². The molecule has 0 spiro atoms. The first-order valence-corrected chi connectivity index (χ1v) is 13.2. The van der Waals surface area contributed by atoms with E-state index in [0.29, 0.717) is 17.6 Å². The molecular formula is C33H21BrN4. The van der Waals surface area contributed by atoms with Crippen molar-refractivity contribution in [1.29, 1.82) is 0 Å². The molecule has 38 heavy (non-hydrogen) atoms. The normalized spacial score (nSPS) is 11.3. The van der Waals surface area contributed by atoms with Crippen molar-refractivity contribution in [2.24, 2.45) is 0 Å². The second kappa shape index (κ2) is 9.36. The third-order valence-corrected chi connectivity index (χ3v) is 7.39. The molecule has 7 aromatic rings. The van der Waals surface area contributed by atoms with Gasteiger partial charge in [-0.3, -0.25) is 4.57 Å². The molecule has 0 aliphatic heterocycles. The monoisotopic (exact) mass is 552 g/mol. The van der Waals surface area contributed by atoms with Gasteiger partial charge in [0, 0.05) is 26.4 Å². The first kappa shape index (κ1) is 22.6. The molecule has 180 valence electrons. The lowest BCUT2D eigenvalue weighted by Gasteiger charge is -2.11. The number of fused-ring (bicyclic) bond motifs is 3. The molecule has 0 aliphatic carbocycles. The largest absolute Gasteiger partial charge is 0.277 e. The number of hydrogen-bond acceptors (Lipinski definition) is 3. The van der Waals surface area contributed by atoms with Crippen LogP contribution in [0.5, 0.6) is 0 Å². The summed E-state index contributed by atoms with van der Waals surface area (Å²) in [5.74, 6) is 1.85. The molecule has 5 heteroatoms. The van der Waals surface area contributed by atoms with E-state index in [2.05, 4.69) is 105 Å². The number of benzene rings is 5. The number of hydrogen-bond donors (Lipinski definition) is 0. The van der Waals surface area contributed by atoms with Crippen LogP contribution in [0.15, 0.2) is 132 Å². The van der Waals surface area contributed by atoms with Crippen molar-refractivity contribution < 1.29 is 0 Å². The van der Waals surface area contributed by atoms with Gasteiger partial charge in [-0.1, -0.05) is 115 Å². The average Bonchev–Trinajstić information content (AvgIpc) is 3.34. The maximum absolute atomic E-state index is 5.04. The smallest absolute Gasteiger partial charge is 0.238 e. The van der Waals surface area contributed by atoms with Crippen molar-refractivity contribution in [2.75, 3.05) is 0 Å². The predicted molar refractivity (Wildman–Crippen MR) is 158 cm³/mol. The first-order chi connectivity index (χ1) is 18.8. The van der Waals surface area contributed by atoms with E-state index in [1.165, 1.54) is 5.56 Å². The summed E-state index contributed by atoms with van der Waals surface area (Å²) < 4.78 is 3.12. The molecule has 0 bridgehead atoms. The van der Waals surface area contributed by atoms with Gasteiger partial charge in [-0.2, -0.15) is 9.97 Å². The lowest BCUT2D eigenvalue weighted by Crippen LogP contribution is -2.06. The number of halogens is 1. The van der Waals surface area contributed by atoms with E-state index in [1.807, 2.05) is 42.5 Å². The highest BCUT2D eigenvalue weighted by Gasteiger charge is 2.19. The Morgan fingerprint density at radius 3 is 1.68 bits per heavy atom. The van der Waals surface area contributed by atoms with Crippen LogP contribution >= 0.6 is 15.9 Å². The number of aromatic nitrogens is 4. The van der Waals surface area contributed by atoms with Crippen LogP contribution in [0.1, 0.15) is 0 Å². The van der Waals surface area contributed by atoms with Crippen molar-refractivity contribution >= 4 is 37.7 Å². The van der Waals surface area contributed by atoms with E-state index in [1.54, 1.807) is 0 Å². The van der Waals surface area contributed by atoms with E-state index >= 15 is 0 Å². The van der Waals surface area contributed by atoms with Gasteiger partial charge in [0.25, 0.3) is 0 Å². The maximum atomic E-state index is 5.04. The summed E-state index contributed by atoms with van der Waals surface area (Å²) in [7, 11) is 0. The standard InChI is InChI=1S/C33H21BrN4/c34-28-16-9-15-27-26-14-7-8-17-29(26)38(30(27)28)33-36-31(24-12-5-2-6-13-24)35-32(37-33)25-20-18-23(19-21-25)22-10-3-1-4-11-22/h1-21H. The molecule has 0 N–H and O–H groups in total. The summed E-state index contributed by atoms with van der Waals surface area (Å²) in [5.41, 5.74) is 6.28. The molecule has 0 fully saturated rings. The van der Waals surface area contributed by atoms with Crippen LogP contribution in [0, 0.1) is 0 Å². The van der Waals surface area contributed by atoms with Gasteiger partial charge in [0.15, 0.2) is 11.6 Å². The molecule has 0 radical (unpaired) electrons. The Labute approximate surface area is 228 Å². The molecule has 0 saturated heterocycles. The van der Waals surface area contributed by atoms with Gasteiger partial charge in [0.1, 0.15) is 0 Å². The van der Waals surface area contributed by atoms with E-state index in [4.69, 9.17) is 15.0 Å². The fourth-order valence-corrected chi connectivity index (χ4v) is 5.48. The minimum Gasteiger partial charge on any atom is -0.277 e. The van der Waals surface area contributed by atoms with Gasteiger partial charge in [-0.05, 0) is 39.2 Å². The molecule has 0 atom stereocenters. The SMILES string of the molecule is Brc1cccc2c3ccccc3n(-c3nc(-c4ccccc4)nc(-c4ccc(-c5ccccc5)cc4)n3)c12. The highest BCUT2D eigenvalue weighted by atomic mass is 79.9. The van der Waals surface area contributed by atoms with Crippen molar-refractivity contribution in [2.45, 2.75) is 0 Å². The Balaban J connectivity index is 1.47. The lowest BCUT2D eigenvalue weighted by molar-refractivity contribution is 0.952. The summed E-state index contributed by atoms with van der Waals surface area (Å²) in [6, 6.07) is 43.5.